The monoisotopic (exact) mass is 485 g/mol. The molecule has 1 aliphatic rings. The first kappa shape index (κ1) is 28.0. The molecular formula is C24H44N3O5P. The predicted molar refractivity (Wildman–Crippen MR) is 132 cm³/mol. The average molecular weight is 486 g/mol. The van der Waals surface area contributed by atoms with Gasteiger partial charge in [-0.05, 0) is 12.5 Å². The molecule has 2 heterocycles. The van der Waals surface area contributed by atoms with Crippen LogP contribution in [0.4, 0.5) is 5.82 Å². The van der Waals surface area contributed by atoms with E-state index in [2.05, 4.69) is 11.9 Å². The summed E-state index contributed by atoms with van der Waals surface area (Å²) in [6.45, 7) is 3.07. The summed E-state index contributed by atoms with van der Waals surface area (Å²) in [5, 5.41) is 0. The number of nitrogen functional groups attached to an aromatic ring is 1. The van der Waals surface area contributed by atoms with Gasteiger partial charge >= 0.3 is 13.3 Å². The van der Waals surface area contributed by atoms with Crippen LogP contribution in [0, 0.1) is 0 Å². The molecule has 8 nitrogen and oxygen atoms in total. The van der Waals surface area contributed by atoms with Gasteiger partial charge < -0.3 is 19.5 Å². The SMILES string of the molecule is CCCCCCCCCCCCCCCCOP1(=O)CO[C@@H](Cn2ccc(N)nc2=O)CO1. The number of nitrogens with two attached hydrogens (primary N) is 1. The van der Waals surface area contributed by atoms with Crippen molar-refractivity contribution in [2.24, 2.45) is 0 Å². The fourth-order valence-electron chi connectivity index (χ4n) is 3.96. The maximum atomic E-state index is 12.6. The van der Waals surface area contributed by atoms with Crippen LogP contribution >= 0.6 is 7.60 Å². The number of ether oxygens (including phenoxy) is 1. The van der Waals surface area contributed by atoms with Gasteiger partial charge in [-0.1, -0.05) is 90.4 Å². The Balaban J connectivity index is 1.42. The van der Waals surface area contributed by atoms with E-state index in [1.807, 2.05) is 0 Å². The molecule has 1 unspecified atom stereocenters. The summed E-state index contributed by atoms with van der Waals surface area (Å²) in [6.07, 6.45) is 19.2. The standard InChI is InChI=1S/C24H44N3O5P/c1-2-3-4-5-6-7-8-9-10-11-12-13-14-15-18-31-33(29)21-30-22(20-32-33)19-27-17-16-23(25)26-24(27)28/h16-17,22H,2-15,18-21H2,1H3,(H2,25,26,28)/t22-,33?/m0/s1. The Morgan fingerprint density at radius 2 is 1.61 bits per heavy atom. The molecule has 33 heavy (non-hydrogen) atoms. The van der Waals surface area contributed by atoms with Gasteiger partial charge in [0.05, 0.1) is 19.8 Å². The Bertz CT molecular complexity index is 746. The molecule has 2 N–H and O–H groups in total. The zero-order chi connectivity index (χ0) is 23.8. The van der Waals surface area contributed by atoms with Crippen LogP contribution in [-0.2, 0) is 24.9 Å². The van der Waals surface area contributed by atoms with E-state index in [-0.39, 0.29) is 31.4 Å². The highest BCUT2D eigenvalue weighted by atomic mass is 31.2. The lowest BCUT2D eigenvalue weighted by molar-refractivity contribution is -0.0146. The van der Waals surface area contributed by atoms with Crippen molar-refractivity contribution < 1.29 is 18.3 Å². The maximum absolute atomic E-state index is 12.6. The van der Waals surface area contributed by atoms with Crippen LogP contribution < -0.4 is 11.4 Å². The van der Waals surface area contributed by atoms with Crippen molar-refractivity contribution in [2.45, 2.75) is 109 Å². The van der Waals surface area contributed by atoms with Crippen molar-refractivity contribution in [1.82, 2.24) is 9.55 Å². The van der Waals surface area contributed by atoms with Crippen molar-refractivity contribution in [3.05, 3.63) is 22.7 Å². The quantitative estimate of drug-likeness (QED) is 0.204. The molecule has 0 aromatic carbocycles. The second-order valence-electron chi connectivity index (χ2n) is 9.04. The van der Waals surface area contributed by atoms with Gasteiger partial charge in [0.2, 0.25) is 0 Å². The van der Waals surface area contributed by atoms with Gasteiger partial charge in [0.1, 0.15) is 18.3 Å². The van der Waals surface area contributed by atoms with E-state index < -0.39 is 13.3 Å². The Morgan fingerprint density at radius 1 is 1.03 bits per heavy atom. The zero-order valence-corrected chi connectivity index (χ0v) is 21.3. The lowest BCUT2D eigenvalue weighted by atomic mass is 10.0. The summed E-state index contributed by atoms with van der Waals surface area (Å²) < 4.78 is 30.6. The summed E-state index contributed by atoms with van der Waals surface area (Å²) >= 11 is 0. The number of hydrogen-bond acceptors (Lipinski definition) is 7. The van der Waals surface area contributed by atoms with E-state index >= 15 is 0 Å². The van der Waals surface area contributed by atoms with E-state index in [0.717, 1.165) is 12.8 Å². The van der Waals surface area contributed by atoms with Crippen LogP contribution in [0.25, 0.3) is 0 Å². The Labute approximate surface area is 199 Å². The summed E-state index contributed by atoms with van der Waals surface area (Å²) in [6, 6.07) is 1.55. The largest absolute Gasteiger partial charge is 0.383 e. The van der Waals surface area contributed by atoms with Crippen molar-refractivity contribution in [1.29, 1.82) is 0 Å². The third-order valence-corrected chi connectivity index (χ3v) is 7.59. The highest BCUT2D eigenvalue weighted by Gasteiger charge is 2.33. The Kier molecular flexibility index (Phi) is 13.9. The van der Waals surface area contributed by atoms with E-state index in [1.165, 1.54) is 81.6 Å². The number of hydrogen-bond donors (Lipinski definition) is 1. The van der Waals surface area contributed by atoms with Gasteiger partial charge in [0.15, 0.2) is 0 Å². The van der Waals surface area contributed by atoms with Crippen LogP contribution in [-0.4, -0.2) is 35.2 Å². The van der Waals surface area contributed by atoms with Crippen LogP contribution in [0.2, 0.25) is 0 Å². The van der Waals surface area contributed by atoms with E-state index in [1.54, 1.807) is 12.3 Å². The molecule has 1 aliphatic heterocycles. The molecule has 1 aromatic rings. The van der Waals surface area contributed by atoms with Crippen molar-refractivity contribution in [3.8, 4) is 0 Å². The molecule has 1 aromatic heterocycles. The zero-order valence-electron chi connectivity index (χ0n) is 20.4. The van der Waals surface area contributed by atoms with Gasteiger partial charge in [-0.3, -0.25) is 9.13 Å². The fraction of sp³-hybridized carbons (Fsp3) is 0.833. The molecule has 1 fully saturated rings. The number of anilines is 1. The van der Waals surface area contributed by atoms with Crippen molar-refractivity contribution in [3.63, 3.8) is 0 Å². The Hall–Kier alpha value is -1.21. The predicted octanol–water partition coefficient (Wildman–Crippen LogP) is 5.89. The molecule has 0 saturated carbocycles. The lowest BCUT2D eigenvalue weighted by Crippen LogP contribution is -2.35. The first-order chi connectivity index (χ1) is 16.0. The summed E-state index contributed by atoms with van der Waals surface area (Å²) in [7, 11) is -3.21. The molecule has 1 saturated heterocycles. The normalized spacial score (nSPS) is 20.8. The average Bonchev–Trinajstić information content (AvgIpc) is 2.80. The minimum Gasteiger partial charge on any atom is -0.383 e. The molecule has 0 amide bonds. The van der Waals surface area contributed by atoms with E-state index in [9.17, 15) is 9.36 Å². The molecule has 0 bridgehead atoms. The number of aromatic nitrogens is 2. The lowest BCUT2D eigenvalue weighted by Gasteiger charge is -2.29. The maximum Gasteiger partial charge on any atom is 0.356 e. The van der Waals surface area contributed by atoms with Crippen LogP contribution in [0.3, 0.4) is 0 Å². The van der Waals surface area contributed by atoms with Crippen LogP contribution in [0.1, 0.15) is 96.8 Å². The van der Waals surface area contributed by atoms with E-state index in [0.29, 0.717) is 6.61 Å². The highest BCUT2D eigenvalue weighted by molar-refractivity contribution is 7.53. The molecule has 2 rings (SSSR count). The first-order valence-corrected chi connectivity index (χ1v) is 14.6. The van der Waals surface area contributed by atoms with Gasteiger partial charge in [-0.25, -0.2) is 4.79 Å². The fourth-order valence-corrected chi connectivity index (χ4v) is 5.38. The van der Waals surface area contributed by atoms with Crippen molar-refractivity contribution in [2.75, 3.05) is 25.3 Å². The summed E-state index contributed by atoms with van der Waals surface area (Å²) in [5.41, 5.74) is 5.05. The number of unbranched alkanes of at least 4 members (excludes halogenated alkanes) is 13. The van der Waals surface area contributed by atoms with Crippen LogP contribution in [0.5, 0.6) is 0 Å². The smallest absolute Gasteiger partial charge is 0.356 e. The van der Waals surface area contributed by atoms with Crippen molar-refractivity contribution >= 4 is 13.4 Å². The first-order valence-electron chi connectivity index (χ1n) is 12.8. The third kappa shape index (κ3) is 12.2. The number of nitrogens with zero attached hydrogens (tertiary/aromatic N) is 2. The topological polar surface area (TPSA) is 106 Å². The summed E-state index contributed by atoms with van der Waals surface area (Å²) in [5.74, 6) is 0.179. The van der Waals surface area contributed by atoms with E-state index in [4.69, 9.17) is 19.5 Å². The molecule has 0 radical (unpaired) electrons. The third-order valence-electron chi connectivity index (χ3n) is 6.01. The number of rotatable bonds is 18. The second-order valence-corrected chi connectivity index (χ2v) is 11.0. The van der Waals surface area contributed by atoms with Gasteiger partial charge in [-0.2, -0.15) is 4.98 Å². The second kappa shape index (κ2) is 16.4. The van der Waals surface area contributed by atoms with Crippen LogP contribution in [0.15, 0.2) is 17.1 Å². The minimum absolute atomic E-state index is 0.0899. The molecule has 9 heteroatoms. The Morgan fingerprint density at radius 3 is 2.12 bits per heavy atom. The molecule has 0 aliphatic carbocycles. The molecule has 190 valence electrons. The van der Waals surface area contributed by atoms with Gasteiger partial charge in [0.25, 0.3) is 0 Å². The molecule has 2 atom stereocenters. The molecular weight excluding hydrogens is 441 g/mol. The minimum atomic E-state index is -3.21. The summed E-state index contributed by atoms with van der Waals surface area (Å²) in [4.78, 5) is 15.5. The van der Waals surface area contributed by atoms with Gasteiger partial charge in [-0.15, -0.1) is 0 Å². The molecule has 0 spiro atoms. The van der Waals surface area contributed by atoms with Gasteiger partial charge in [0, 0.05) is 6.20 Å². The highest BCUT2D eigenvalue weighted by Crippen LogP contribution is 2.51.